The monoisotopic (exact) mass is 422 g/mol. The lowest BCUT2D eigenvalue weighted by atomic mass is 10.1. The molecule has 1 heterocycles. The van der Waals surface area contributed by atoms with Crippen LogP contribution in [0.2, 0.25) is 0 Å². The van der Waals surface area contributed by atoms with Crippen molar-refractivity contribution in [3.63, 3.8) is 0 Å². The molecule has 0 aliphatic rings. The fourth-order valence-electron chi connectivity index (χ4n) is 3.05. The van der Waals surface area contributed by atoms with Crippen molar-refractivity contribution < 1.29 is 14.3 Å². The number of nitrogens with one attached hydrogen (secondary N) is 1. The first-order chi connectivity index (χ1) is 15.1. The summed E-state index contributed by atoms with van der Waals surface area (Å²) in [5.41, 5.74) is 3.13. The van der Waals surface area contributed by atoms with Crippen LogP contribution in [0.1, 0.15) is 42.7 Å². The largest absolute Gasteiger partial charge is 0.493 e. The fourth-order valence-corrected chi connectivity index (χ4v) is 3.05. The van der Waals surface area contributed by atoms with Crippen molar-refractivity contribution in [1.29, 1.82) is 0 Å². The van der Waals surface area contributed by atoms with E-state index in [2.05, 4.69) is 22.5 Å². The van der Waals surface area contributed by atoms with Crippen molar-refractivity contribution in [3.8, 4) is 11.5 Å². The van der Waals surface area contributed by atoms with Crippen LogP contribution >= 0.6 is 0 Å². The normalized spacial score (nSPS) is 11.1. The van der Waals surface area contributed by atoms with Crippen LogP contribution in [-0.4, -0.2) is 35.6 Å². The quantitative estimate of drug-likeness (QED) is 0.324. The van der Waals surface area contributed by atoms with E-state index in [0.29, 0.717) is 35.4 Å². The number of ether oxygens (including phenoxy) is 2. The molecule has 2 aromatic carbocycles. The van der Waals surface area contributed by atoms with Gasteiger partial charge in [-0.25, -0.2) is 10.1 Å². The number of amides is 1. The van der Waals surface area contributed by atoms with Gasteiger partial charge in [-0.05, 0) is 43.2 Å². The molecule has 8 nitrogen and oxygen atoms in total. The maximum Gasteiger partial charge on any atom is 0.292 e. The van der Waals surface area contributed by atoms with E-state index in [1.807, 2.05) is 12.1 Å². The van der Waals surface area contributed by atoms with E-state index < -0.39 is 5.91 Å². The maximum atomic E-state index is 12.7. The highest BCUT2D eigenvalue weighted by Gasteiger charge is 2.15. The Labute approximate surface area is 180 Å². The summed E-state index contributed by atoms with van der Waals surface area (Å²) in [6.07, 6.45) is 3.52. The van der Waals surface area contributed by atoms with Gasteiger partial charge < -0.3 is 9.47 Å². The van der Waals surface area contributed by atoms with Crippen LogP contribution in [0.15, 0.2) is 52.4 Å². The van der Waals surface area contributed by atoms with Gasteiger partial charge in [-0.1, -0.05) is 31.5 Å². The number of aromatic nitrogens is 2. The van der Waals surface area contributed by atoms with Crippen molar-refractivity contribution >= 4 is 22.9 Å². The molecule has 1 N–H and O–H groups in total. The summed E-state index contributed by atoms with van der Waals surface area (Å²) >= 11 is 0. The lowest BCUT2D eigenvalue weighted by molar-refractivity contribution is 0.0949. The summed E-state index contributed by atoms with van der Waals surface area (Å²) in [5, 5.41) is 9.16. The highest BCUT2D eigenvalue weighted by atomic mass is 16.5. The number of carbonyl (C=O) groups excluding carboxylic acids is 1. The number of methoxy groups -OCH3 is 1. The zero-order valence-electron chi connectivity index (χ0n) is 17.9. The van der Waals surface area contributed by atoms with E-state index in [1.165, 1.54) is 10.9 Å². The van der Waals surface area contributed by atoms with Gasteiger partial charge in [0.15, 0.2) is 17.2 Å². The Morgan fingerprint density at radius 3 is 2.65 bits per heavy atom. The van der Waals surface area contributed by atoms with Crippen molar-refractivity contribution in [2.24, 2.45) is 5.10 Å². The van der Waals surface area contributed by atoms with Crippen LogP contribution in [0, 0.1) is 0 Å². The van der Waals surface area contributed by atoms with Gasteiger partial charge in [-0.15, -0.1) is 0 Å². The molecule has 1 aromatic heterocycles. The molecular formula is C23H26N4O4. The number of hydrazone groups is 1. The molecule has 162 valence electrons. The molecular weight excluding hydrogens is 396 g/mol. The molecule has 0 fully saturated rings. The van der Waals surface area contributed by atoms with Crippen LogP contribution in [0.25, 0.3) is 10.8 Å². The average molecular weight is 422 g/mol. The minimum Gasteiger partial charge on any atom is -0.493 e. The van der Waals surface area contributed by atoms with Gasteiger partial charge in [0.1, 0.15) is 0 Å². The number of aryl methyl sites for hydroxylation is 1. The van der Waals surface area contributed by atoms with Gasteiger partial charge in [0.2, 0.25) is 0 Å². The molecule has 0 aliphatic heterocycles. The Morgan fingerprint density at radius 2 is 1.94 bits per heavy atom. The first-order valence-electron chi connectivity index (χ1n) is 10.2. The van der Waals surface area contributed by atoms with Gasteiger partial charge in [0, 0.05) is 11.9 Å². The van der Waals surface area contributed by atoms with Gasteiger partial charge in [0.05, 0.1) is 25.3 Å². The topological polar surface area (TPSA) is 94.8 Å². The fraction of sp³-hybridized carbons (Fsp3) is 0.304. The summed E-state index contributed by atoms with van der Waals surface area (Å²) in [7, 11) is 1.57. The summed E-state index contributed by atoms with van der Waals surface area (Å²) in [5.74, 6) is 0.754. The first-order valence-corrected chi connectivity index (χ1v) is 10.2. The third-order valence-corrected chi connectivity index (χ3v) is 4.71. The molecule has 3 rings (SSSR count). The molecule has 0 radical (unpaired) electrons. The van der Waals surface area contributed by atoms with Crippen LogP contribution in [-0.2, 0) is 6.54 Å². The molecule has 31 heavy (non-hydrogen) atoms. The van der Waals surface area contributed by atoms with Crippen LogP contribution in [0.4, 0.5) is 0 Å². The zero-order chi connectivity index (χ0) is 22.2. The predicted molar refractivity (Wildman–Crippen MR) is 120 cm³/mol. The summed E-state index contributed by atoms with van der Waals surface area (Å²) in [4.78, 5) is 25.1. The molecule has 3 aromatic rings. The third-order valence-electron chi connectivity index (χ3n) is 4.71. The highest BCUT2D eigenvalue weighted by molar-refractivity contribution is 6.04. The second-order valence-electron chi connectivity index (χ2n) is 6.83. The van der Waals surface area contributed by atoms with Gasteiger partial charge >= 0.3 is 0 Å². The number of rotatable bonds is 9. The second kappa shape index (κ2) is 10.4. The molecule has 0 bridgehead atoms. The average Bonchev–Trinajstić information content (AvgIpc) is 2.80. The SMILES string of the molecule is CCCCOc1ccc(/C=N\NC(=O)c2nn(CC)c(=O)c3ccccc23)cc1OC. The Hall–Kier alpha value is -3.68. The van der Waals surface area contributed by atoms with Crippen molar-refractivity contribution in [2.75, 3.05) is 13.7 Å². The first kappa shape index (κ1) is 22.0. The number of carbonyl (C=O) groups is 1. The second-order valence-corrected chi connectivity index (χ2v) is 6.83. The predicted octanol–water partition coefficient (Wildman–Crippen LogP) is 3.37. The lowest BCUT2D eigenvalue weighted by Gasteiger charge is -2.11. The van der Waals surface area contributed by atoms with Gasteiger partial charge in [-0.3, -0.25) is 9.59 Å². The number of hydrogen-bond acceptors (Lipinski definition) is 6. The Balaban J connectivity index is 1.78. The van der Waals surface area contributed by atoms with E-state index in [-0.39, 0.29) is 11.3 Å². The Bertz CT molecular complexity index is 1150. The summed E-state index contributed by atoms with van der Waals surface area (Å²) < 4.78 is 12.4. The number of unbranched alkanes of at least 4 members (excludes halogenated alkanes) is 1. The smallest absolute Gasteiger partial charge is 0.292 e. The molecule has 0 aliphatic carbocycles. The molecule has 8 heteroatoms. The zero-order valence-corrected chi connectivity index (χ0v) is 17.9. The number of fused-ring (bicyclic) bond motifs is 1. The van der Waals surface area contributed by atoms with Gasteiger partial charge in [-0.2, -0.15) is 10.2 Å². The molecule has 0 saturated heterocycles. The Morgan fingerprint density at radius 1 is 1.16 bits per heavy atom. The summed E-state index contributed by atoms with van der Waals surface area (Å²) in [6, 6.07) is 12.3. The molecule has 0 atom stereocenters. The van der Waals surface area contributed by atoms with Crippen LogP contribution in [0.5, 0.6) is 11.5 Å². The number of benzene rings is 2. The molecule has 1 amide bonds. The molecule has 0 saturated carbocycles. The van der Waals surface area contributed by atoms with Gasteiger partial charge in [0.25, 0.3) is 11.5 Å². The van der Waals surface area contributed by atoms with Crippen LogP contribution < -0.4 is 20.5 Å². The van der Waals surface area contributed by atoms with Crippen molar-refractivity contribution in [2.45, 2.75) is 33.2 Å². The maximum absolute atomic E-state index is 12.7. The van der Waals surface area contributed by atoms with E-state index in [9.17, 15) is 9.59 Å². The molecule has 0 spiro atoms. The van der Waals surface area contributed by atoms with Crippen LogP contribution in [0.3, 0.4) is 0 Å². The van der Waals surface area contributed by atoms with Crippen molar-refractivity contribution in [1.82, 2.24) is 15.2 Å². The number of nitrogens with zero attached hydrogens (tertiary/aromatic N) is 3. The minimum absolute atomic E-state index is 0.145. The Kier molecular flexibility index (Phi) is 7.37. The molecule has 0 unspecified atom stereocenters. The van der Waals surface area contributed by atoms with E-state index >= 15 is 0 Å². The highest BCUT2D eigenvalue weighted by Crippen LogP contribution is 2.27. The lowest BCUT2D eigenvalue weighted by Crippen LogP contribution is -2.28. The minimum atomic E-state index is -0.499. The standard InChI is InChI=1S/C23H26N4O4/c1-4-6-13-31-19-12-11-16(14-20(19)30-3)15-24-25-22(28)21-17-9-7-8-10-18(17)23(29)27(5-2)26-21/h7-12,14-15H,4-6,13H2,1-3H3,(H,25,28)/b24-15-. The summed E-state index contributed by atoms with van der Waals surface area (Å²) in [6.45, 7) is 4.88. The van der Waals surface area contributed by atoms with E-state index in [4.69, 9.17) is 9.47 Å². The third kappa shape index (κ3) is 5.09. The number of hydrogen-bond donors (Lipinski definition) is 1. The van der Waals surface area contributed by atoms with E-state index in [0.717, 1.165) is 18.4 Å². The van der Waals surface area contributed by atoms with Crippen molar-refractivity contribution in [3.05, 3.63) is 64.1 Å². The van der Waals surface area contributed by atoms with E-state index in [1.54, 1.807) is 44.4 Å².